The third-order valence-electron chi connectivity index (χ3n) is 3.59. The quantitative estimate of drug-likeness (QED) is 0.853. The third-order valence-corrected chi connectivity index (χ3v) is 4.49. The lowest BCUT2D eigenvalue weighted by atomic mass is 9.82. The molecule has 18 heavy (non-hydrogen) atoms. The summed E-state index contributed by atoms with van der Waals surface area (Å²) in [6.07, 6.45) is 2.13. The normalized spacial score (nSPS) is 18.6. The second-order valence-corrected chi connectivity index (χ2v) is 6.08. The highest BCUT2D eigenvalue weighted by molar-refractivity contribution is 7.10. The molecule has 0 spiro atoms. The van der Waals surface area contributed by atoms with Crippen LogP contribution in [0.3, 0.4) is 0 Å². The van der Waals surface area contributed by atoms with E-state index in [-0.39, 0.29) is 11.2 Å². The van der Waals surface area contributed by atoms with Crippen LogP contribution in [0.5, 0.6) is 0 Å². The predicted molar refractivity (Wildman–Crippen MR) is 73.5 cm³/mol. The zero-order valence-corrected chi connectivity index (χ0v) is 12.0. The number of Topliss-reactive ketones (excluding diaryl/α,β-unsaturated/α-hetero) is 1. The van der Waals surface area contributed by atoms with Gasteiger partial charge in [-0.3, -0.25) is 4.79 Å². The van der Waals surface area contributed by atoms with Crippen LogP contribution in [0.25, 0.3) is 0 Å². The Bertz CT molecular complexity index is 436. The average Bonchev–Trinajstić information content (AvgIpc) is 2.69. The number of hydrogen-bond donors (Lipinski definition) is 1. The number of hydrogen-bond acceptors (Lipinski definition) is 5. The number of nitrogens with one attached hydrogen (secondary N) is 1. The fraction of sp³-hybridized carbons (Fsp3) is 0.692. The lowest BCUT2D eigenvalue weighted by molar-refractivity contribution is 0.0300. The molecule has 100 valence electrons. The van der Waals surface area contributed by atoms with E-state index < -0.39 is 0 Å². The van der Waals surface area contributed by atoms with Gasteiger partial charge in [0.05, 0.1) is 11.3 Å². The summed E-state index contributed by atoms with van der Waals surface area (Å²) >= 11 is 1.38. The van der Waals surface area contributed by atoms with E-state index in [4.69, 9.17) is 4.74 Å². The van der Waals surface area contributed by atoms with Crippen LogP contribution in [0, 0.1) is 12.3 Å². The first-order valence-corrected chi connectivity index (χ1v) is 7.08. The van der Waals surface area contributed by atoms with E-state index in [9.17, 15) is 4.79 Å². The van der Waals surface area contributed by atoms with Gasteiger partial charge in [0.25, 0.3) is 0 Å². The van der Waals surface area contributed by atoms with Gasteiger partial charge >= 0.3 is 0 Å². The van der Waals surface area contributed by atoms with E-state index in [1.807, 2.05) is 6.92 Å². The van der Waals surface area contributed by atoms with Gasteiger partial charge in [0.1, 0.15) is 5.00 Å². The Morgan fingerprint density at radius 1 is 1.50 bits per heavy atom. The standard InChI is InChI=1S/C13H20N2O2S/c1-9-11(10(2)16)12(18-15-9)14-8-13(3)4-6-17-7-5-13/h14H,4-8H2,1-3H3. The van der Waals surface area contributed by atoms with E-state index in [2.05, 4.69) is 16.6 Å². The highest BCUT2D eigenvalue weighted by Gasteiger charge is 2.28. The minimum atomic E-state index is 0.0841. The molecule has 0 unspecified atom stereocenters. The van der Waals surface area contributed by atoms with Crippen molar-refractivity contribution >= 4 is 22.3 Å². The Kier molecular flexibility index (Phi) is 4.02. The van der Waals surface area contributed by atoms with Gasteiger partial charge in [0, 0.05) is 19.8 Å². The Morgan fingerprint density at radius 2 is 2.17 bits per heavy atom. The molecule has 5 heteroatoms. The highest BCUT2D eigenvalue weighted by Crippen LogP contribution is 2.32. The number of rotatable bonds is 4. The Morgan fingerprint density at radius 3 is 2.78 bits per heavy atom. The summed E-state index contributed by atoms with van der Waals surface area (Å²) in [5.41, 5.74) is 1.83. The van der Waals surface area contributed by atoms with Crippen LogP contribution in [0.1, 0.15) is 42.7 Å². The van der Waals surface area contributed by atoms with Crippen molar-refractivity contribution in [1.82, 2.24) is 4.37 Å². The van der Waals surface area contributed by atoms with Crippen molar-refractivity contribution in [2.24, 2.45) is 5.41 Å². The Labute approximate surface area is 112 Å². The first-order chi connectivity index (χ1) is 8.52. The molecule has 0 radical (unpaired) electrons. The zero-order chi connectivity index (χ0) is 13.2. The summed E-state index contributed by atoms with van der Waals surface area (Å²) in [7, 11) is 0. The van der Waals surface area contributed by atoms with Crippen molar-refractivity contribution in [3.8, 4) is 0 Å². The number of ketones is 1. The SMILES string of the molecule is CC(=O)c1c(C)nsc1NCC1(C)CCOCC1. The Balaban J connectivity index is 2.04. The van der Waals surface area contributed by atoms with E-state index in [1.54, 1.807) is 6.92 Å². The number of ether oxygens (including phenoxy) is 1. The van der Waals surface area contributed by atoms with Gasteiger partial charge < -0.3 is 10.1 Å². The Hall–Kier alpha value is -0.940. The summed E-state index contributed by atoms with van der Waals surface area (Å²) in [5, 5.41) is 4.32. The number of aromatic nitrogens is 1. The molecule has 1 saturated heterocycles. The van der Waals surface area contributed by atoms with Crippen LogP contribution in [0.4, 0.5) is 5.00 Å². The van der Waals surface area contributed by atoms with Crippen LogP contribution in [0.2, 0.25) is 0 Å². The molecule has 0 atom stereocenters. The number of carbonyl (C=O) groups excluding carboxylic acids is 1. The summed E-state index contributed by atoms with van der Waals surface area (Å²) < 4.78 is 9.65. The molecule has 1 aromatic heterocycles. The number of nitrogens with zero attached hydrogens (tertiary/aromatic N) is 1. The third kappa shape index (κ3) is 2.90. The molecule has 0 aliphatic carbocycles. The molecule has 0 aromatic carbocycles. The van der Waals surface area contributed by atoms with Gasteiger partial charge in [-0.15, -0.1) is 0 Å². The smallest absolute Gasteiger partial charge is 0.164 e. The fourth-order valence-corrected chi connectivity index (χ4v) is 3.08. The minimum Gasteiger partial charge on any atom is -0.381 e. The number of anilines is 1. The van der Waals surface area contributed by atoms with Crippen molar-refractivity contribution in [2.45, 2.75) is 33.6 Å². The minimum absolute atomic E-state index is 0.0841. The van der Waals surface area contributed by atoms with Crippen LogP contribution >= 0.6 is 11.5 Å². The van der Waals surface area contributed by atoms with Crippen LogP contribution in [-0.2, 0) is 4.74 Å². The molecule has 1 fully saturated rings. The topological polar surface area (TPSA) is 51.2 Å². The van der Waals surface area contributed by atoms with Crippen molar-refractivity contribution in [3.05, 3.63) is 11.3 Å². The van der Waals surface area contributed by atoms with Crippen LogP contribution < -0.4 is 5.32 Å². The molecule has 4 nitrogen and oxygen atoms in total. The molecular weight excluding hydrogens is 248 g/mol. The maximum atomic E-state index is 11.6. The summed E-state index contributed by atoms with van der Waals surface area (Å²) in [5.74, 6) is 0.0841. The van der Waals surface area contributed by atoms with Crippen LogP contribution in [-0.4, -0.2) is 29.9 Å². The summed E-state index contributed by atoms with van der Waals surface area (Å²) in [6.45, 7) is 8.29. The molecule has 1 aliphatic rings. The zero-order valence-electron chi connectivity index (χ0n) is 11.2. The summed E-state index contributed by atoms with van der Waals surface area (Å²) in [6, 6.07) is 0. The number of carbonyl (C=O) groups is 1. The van der Waals surface area contributed by atoms with Crippen molar-refractivity contribution < 1.29 is 9.53 Å². The largest absolute Gasteiger partial charge is 0.381 e. The summed E-state index contributed by atoms with van der Waals surface area (Å²) in [4.78, 5) is 11.6. The first-order valence-electron chi connectivity index (χ1n) is 6.31. The average molecular weight is 268 g/mol. The van der Waals surface area contributed by atoms with E-state index in [0.717, 1.165) is 48.9 Å². The van der Waals surface area contributed by atoms with Gasteiger partial charge in [-0.2, -0.15) is 4.37 Å². The maximum Gasteiger partial charge on any atom is 0.164 e. The van der Waals surface area contributed by atoms with Gasteiger partial charge in [-0.1, -0.05) is 6.92 Å². The molecule has 1 aromatic rings. The van der Waals surface area contributed by atoms with E-state index in [1.165, 1.54) is 11.5 Å². The molecule has 2 rings (SSSR count). The molecular formula is C13H20N2O2S. The molecule has 0 saturated carbocycles. The second-order valence-electron chi connectivity index (χ2n) is 5.30. The first kappa shape index (κ1) is 13.5. The molecule has 1 aliphatic heterocycles. The van der Waals surface area contributed by atoms with Gasteiger partial charge in [0.2, 0.25) is 0 Å². The van der Waals surface area contributed by atoms with Gasteiger partial charge in [-0.05, 0) is 43.6 Å². The molecule has 0 amide bonds. The maximum absolute atomic E-state index is 11.6. The molecule has 2 heterocycles. The van der Waals surface area contributed by atoms with Crippen LogP contribution in [0.15, 0.2) is 0 Å². The molecule has 0 bridgehead atoms. The predicted octanol–water partition coefficient (Wildman–Crippen LogP) is 2.88. The van der Waals surface area contributed by atoms with Gasteiger partial charge in [-0.25, -0.2) is 0 Å². The van der Waals surface area contributed by atoms with E-state index >= 15 is 0 Å². The highest BCUT2D eigenvalue weighted by atomic mass is 32.1. The fourth-order valence-electron chi connectivity index (χ4n) is 2.24. The van der Waals surface area contributed by atoms with Crippen molar-refractivity contribution in [3.63, 3.8) is 0 Å². The lowest BCUT2D eigenvalue weighted by Crippen LogP contribution is -2.33. The van der Waals surface area contributed by atoms with E-state index in [0.29, 0.717) is 0 Å². The number of aryl methyl sites for hydroxylation is 1. The second kappa shape index (κ2) is 5.36. The molecule has 1 N–H and O–H groups in total. The monoisotopic (exact) mass is 268 g/mol. The lowest BCUT2D eigenvalue weighted by Gasteiger charge is -2.33. The van der Waals surface area contributed by atoms with Crippen molar-refractivity contribution in [2.75, 3.05) is 25.1 Å². The van der Waals surface area contributed by atoms with Crippen molar-refractivity contribution in [1.29, 1.82) is 0 Å². The van der Waals surface area contributed by atoms with Gasteiger partial charge in [0.15, 0.2) is 5.78 Å².